The van der Waals surface area contributed by atoms with Crippen molar-refractivity contribution in [2.24, 2.45) is 0 Å². The van der Waals surface area contributed by atoms with Crippen molar-refractivity contribution in [1.29, 1.82) is 0 Å². The van der Waals surface area contributed by atoms with Gasteiger partial charge < -0.3 is 14.8 Å². The van der Waals surface area contributed by atoms with Gasteiger partial charge in [0, 0.05) is 12.5 Å². The topological polar surface area (TPSA) is 64.6 Å². The van der Waals surface area contributed by atoms with E-state index < -0.39 is 11.7 Å². The third-order valence-corrected chi connectivity index (χ3v) is 3.13. The molecule has 1 unspecified atom stereocenters. The summed E-state index contributed by atoms with van der Waals surface area (Å²) in [4.78, 5) is 24.4. The quantitative estimate of drug-likeness (QED) is 0.772. The zero-order chi connectivity index (χ0) is 17.5. The lowest BCUT2D eigenvalue weighted by atomic mass is 10.0. The van der Waals surface area contributed by atoms with Crippen LogP contribution in [0.4, 0.5) is 4.79 Å². The van der Waals surface area contributed by atoms with Crippen LogP contribution in [0, 0.1) is 0 Å². The predicted octanol–water partition coefficient (Wildman–Crippen LogP) is 3.96. The van der Waals surface area contributed by atoms with Gasteiger partial charge in [-0.2, -0.15) is 0 Å². The molecular formula is C18H27NO4. The first kappa shape index (κ1) is 19.0. The molecule has 0 radical (unpaired) electrons. The van der Waals surface area contributed by atoms with E-state index in [1.54, 1.807) is 39.0 Å². The number of hydrogen-bond acceptors (Lipinski definition) is 4. The van der Waals surface area contributed by atoms with Crippen LogP contribution in [-0.2, 0) is 4.74 Å². The number of Topliss-reactive ketones (excluding diaryl/α,β-unsaturated/α-hetero) is 1. The largest absolute Gasteiger partial charge is 0.493 e. The Labute approximate surface area is 138 Å². The Hall–Kier alpha value is -2.04. The highest BCUT2D eigenvalue weighted by molar-refractivity contribution is 5.99. The van der Waals surface area contributed by atoms with Crippen molar-refractivity contribution in [3.05, 3.63) is 29.8 Å². The summed E-state index contributed by atoms with van der Waals surface area (Å²) in [6.45, 7) is 9.70. The third kappa shape index (κ3) is 6.72. The molecule has 0 aliphatic heterocycles. The van der Waals surface area contributed by atoms with Crippen molar-refractivity contribution in [2.45, 2.75) is 59.1 Å². The minimum atomic E-state index is -0.562. The number of alkyl carbamates (subject to hydrolysis) is 1. The van der Waals surface area contributed by atoms with Crippen molar-refractivity contribution in [3.8, 4) is 5.75 Å². The van der Waals surface area contributed by atoms with Crippen LogP contribution in [0.5, 0.6) is 5.75 Å². The molecule has 1 amide bonds. The lowest BCUT2D eigenvalue weighted by molar-refractivity contribution is 0.0500. The second-order valence-electron chi connectivity index (χ2n) is 6.31. The molecule has 23 heavy (non-hydrogen) atoms. The van der Waals surface area contributed by atoms with Crippen LogP contribution >= 0.6 is 0 Å². The summed E-state index contributed by atoms with van der Waals surface area (Å²) in [5, 5.41) is 2.75. The summed E-state index contributed by atoms with van der Waals surface area (Å²) < 4.78 is 10.7. The predicted molar refractivity (Wildman–Crippen MR) is 90.0 cm³/mol. The number of ether oxygens (including phenoxy) is 2. The van der Waals surface area contributed by atoms with Gasteiger partial charge in [-0.3, -0.25) is 4.79 Å². The summed E-state index contributed by atoms with van der Waals surface area (Å²) in [5.41, 5.74) is -0.0210. The molecule has 1 N–H and O–H groups in total. The van der Waals surface area contributed by atoms with Gasteiger partial charge in [0.1, 0.15) is 11.4 Å². The van der Waals surface area contributed by atoms with Gasteiger partial charge in [0.2, 0.25) is 0 Å². The Morgan fingerprint density at radius 1 is 1.17 bits per heavy atom. The maximum absolute atomic E-state index is 12.5. The molecule has 0 aliphatic carbocycles. The highest BCUT2D eigenvalue weighted by Gasteiger charge is 2.22. The second kappa shape index (κ2) is 8.56. The first-order valence-corrected chi connectivity index (χ1v) is 8.01. The maximum Gasteiger partial charge on any atom is 0.407 e. The van der Waals surface area contributed by atoms with E-state index in [-0.39, 0.29) is 18.2 Å². The van der Waals surface area contributed by atoms with Gasteiger partial charge in [-0.25, -0.2) is 4.79 Å². The molecule has 0 spiro atoms. The first-order chi connectivity index (χ1) is 10.8. The Balaban J connectivity index is 2.72. The van der Waals surface area contributed by atoms with Crippen LogP contribution in [0.25, 0.3) is 0 Å². The lowest BCUT2D eigenvalue weighted by Crippen LogP contribution is -2.39. The summed E-state index contributed by atoms with van der Waals surface area (Å²) in [6.07, 6.45) is 0.344. The van der Waals surface area contributed by atoms with E-state index >= 15 is 0 Å². The minimum Gasteiger partial charge on any atom is -0.493 e. The fourth-order valence-corrected chi connectivity index (χ4v) is 2.08. The molecule has 0 saturated heterocycles. The summed E-state index contributed by atoms with van der Waals surface area (Å²) in [7, 11) is 0. The molecule has 1 atom stereocenters. The zero-order valence-electron chi connectivity index (χ0n) is 14.6. The van der Waals surface area contributed by atoms with E-state index in [1.165, 1.54) is 0 Å². The van der Waals surface area contributed by atoms with Gasteiger partial charge >= 0.3 is 6.09 Å². The van der Waals surface area contributed by atoms with E-state index in [0.29, 0.717) is 24.3 Å². The molecule has 128 valence electrons. The average molecular weight is 321 g/mol. The molecule has 5 heteroatoms. The van der Waals surface area contributed by atoms with E-state index in [4.69, 9.17) is 9.47 Å². The second-order valence-corrected chi connectivity index (χ2v) is 6.31. The summed E-state index contributed by atoms with van der Waals surface area (Å²) >= 11 is 0. The minimum absolute atomic E-state index is 0.0584. The molecule has 0 saturated carbocycles. The van der Waals surface area contributed by atoms with Crippen LogP contribution < -0.4 is 10.1 Å². The smallest absolute Gasteiger partial charge is 0.407 e. The van der Waals surface area contributed by atoms with Gasteiger partial charge in [-0.1, -0.05) is 19.1 Å². The number of amides is 1. The molecule has 1 aromatic rings. The average Bonchev–Trinajstić information content (AvgIpc) is 2.45. The van der Waals surface area contributed by atoms with Gasteiger partial charge in [0.25, 0.3) is 0 Å². The molecule has 0 aromatic heterocycles. The zero-order valence-corrected chi connectivity index (χ0v) is 14.6. The van der Waals surface area contributed by atoms with Crippen molar-refractivity contribution >= 4 is 11.9 Å². The Morgan fingerprint density at radius 2 is 1.83 bits per heavy atom. The van der Waals surface area contributed by atoms with E-state index in [9.17, 15) is 9.59 Å². The van der Waals surface area contributed by atoms with E-state index in [1.807, 2.05) is 19.9 Å². The number of hydrogen-bond donors (Lipinski definition) is 1. The van der Waals surface area contributed by atoms with E-state index in [0.717, 1.165) is 0 Å². The SMILES string of the molecule is CCOc1ccccc1C(=O)CC(CC)NC(=O)OC(C)(C)C. The fraction of sp³-hybridized carbons (Fsp3) is 0.556. The first-order valence-electron chi connectivity index (χ1n) is 8.01. The number of rotatable bonds is 7. The standard InChI is InChI=1S/C18H27NO4/c1-6-13(19-17(21)23-18(3,4)5)12-15(20)14-10-8-9-11-16(14)22-7-2/h8-11,13H,6-7,12H2,1-5H3,(H,19,21). The van der Waals surface area contributed by atoms with E-state index in [2.05, 4.69) is 5.32 Å². The van der Waals surface area contributed by atoms with Gasteiger partial charge in [-0.15, -0.1) is 0 Å². The van der Waals surface area contributed by atoms with Gasteiger partial charge in [0.05, 0.1) is 12.2 Å². The molecule has 0 fully saturated rings. The number of carbonyl (C=O) groups excluding carboxylic acids is 2. The molecule has 0 heterocycles. The van der Waals surface area contributed by atoms with Crippen LogP contribution in [0.3, 0.4) is 0 Å². The number of carbonyl (C=O) groups is 2. The third-order valence-electron chi connectivity index (χ3n) is 3.13. The van der Waals surface area contributed by atoms with Crippen LogP contribution in [0.2, 0.25) is 0 Å². The number of para-hydroxylation sites is 1. The normalized spacial score (nSPS) is 12.4. The van der Waals surface area contributed by atoms with Crippen molar-refractivity contribution in [3.63, 3.8) is 0 Å². The van der Waals surface area contributed by atoms with Crippen molar-refractivity contribution in [1.82, 2.24) is 5.32 Å². The Morgan fingerprint density at radius 3 is 2.39 bits per heavy atom. The van der Waals surface area contributed by atoms with Gasteiger partial charge in [-0.05, 0) is 46.2 Å². The van der Waals surface area contributed by atoms with Crippen molar-refractivity contribution < 1.29 is 19.1 Å². The summed E-state index contributed by atoms with van der Waals surface area (Å²) in [5.74, 6) is 0.518. The number of ketones is 1. The molecular weight excluding hydrogens is 294 g/mol. The monoisotopic (exact) mass is 321 g/mol. The van der Waals surface area contributed by atoms with Crippen LogP contribution in [0.1, 0.15) is 57.8 Å². The molecule has 1 rings (SSSR count). The Bertz CT molecular complexity index is 534. The highest BCUT2D eigenvalue weighted by atomic mass is 16.6. The van der Waals surface area contributed by atoms with Crippen LogP contribution in [0.15, 0.2) is 24.3 Å². The molecule has 5 nitrogen and oxygen atoms in total. The van der Waals surface area contributed by atoms with Crippen LogP contribution in [-0.4, -0.2) is 30.1 Å². The lowest BCUT2D eigenvalue weighted by Gasteiger charge is -2.23. The Kier molecular flexibility index (Phi) is 7.07. The number of nitrogens with one attached hydrogen (secondary N) is 1. The molecule has 1 aromatic carbocycles. The maximum atomic E-state index is 12.5. The molecule has 0 bridgehead atoms. The highest BCUT2D eigenvalue weighted by Crippen LogP contribution is 2.20. The van der Waals surface area contributed by atoms with Gasteiger partial charge in [0.15, 0.2) is 5.78 Å². The fourth-order valence-electron chi connectivity index (χ4n) is 2.08. The number of benzene rings is 1. The summed E-state index contributed by atoms with van der Waals surface area (Å²) in [6, 6.07) is 6.88. The van der Waals surface area contributed by atoms with Crippen molar-refractivity contribution in [2.75, 3.05) is 6.61 Å². The molecule has 0 aliphatic rings.